The van der Waals surface area contributed by atoms with Crippen LogP contribution in [0.1, 0.15) is 0 Å². The van der Waals surface area contributed by atoms with Gasteiger partial charge in [0.05, 0.1) is 19.8 Å². The summed E-state index contributed by atoms with van der Waals surface area (Å²) in [7, 11) is 0. The first-order chi connectivity index (χ1) is 4.84. The molecule has 1 fully saturated rings. The fourth-order valence-corrected chi connectivity index (χ4v) is 0.717. The van der Waals surface area contributed by atoms with Gasteiger partial charge in [-0.15, -0.1) is 0 Å². The van der Waals surface area contributed by atoms with E-state index >= 15 is 0 Å². The van der Waals surface area contributed by atoms with Crippen LogP contribution in [0.5, 0.6) is 0 Å². The standard InChI is InChI=1S/C6H8F2O2/c7-3-5(8)6-4-9-1-2-10-6/h3,6H,1-2,4H2/b5-3-. The maximum Gasteiger partial charge on any atom is 0.159 e. The summed E-state index contributed by atoms with van der Waals surface area (Å²) in [5, 5.41) is 0. The Morgan fingerprint density at radius 3 is 2.80 bits per heavy atom. The second-order valence-electron chi connectivity index (χ2n) is 1.93. The molecule has 0 bridgehead atoms. The molecule has 2 nitrogen and oxygen atoms in total. The highest BCUT2D eigenvalue weighted by Gasteiger charge is 2.18. The van der Waals surface area contributed by atoms with Crippen molar-refractivity contribution in [3.05, 3.63) is 12.2 Å². The van der Waals surface area contributed by atoms with Crippen LogP contribution >= 0.6 is 0 Å². The Kier molecular flexibility index (Phi) is 2.77. The van der Waals surface area contributed by atoms with Crippen LogP contribution in [0.25, 0.3) is 0 Å². The molecule has 0 aromatic rings. The molecule has 1 unspecified atom stereocenters. The lowest BCUT2D eigenvalue weighted by Gasteiger charge is -2.20. The molecular weight excluding hydrogens is 142 g/mol. The smallest absolute Gasteiger partial charge is 0.159 e. The number of ether oxygens (including phenoxy) is 2. The summed E-state index contributed by atoms with van der Waals surface area (Å²) >= 11 is 0. The second-order valence-corrected chi connectivity index (χ2v) is 1.93. The molecule has 1 atom stereocenters. The molecule has 10 heavy (non-hydrogen) atoms. The minimum absolute atomic E-state index is 0.0979. The number of hydrogen-bond acceptors (Lipinski definition) is 2. The van der Waals surface area contributed by atoms with E-state index in [0.29, 0.717) is 13.2 Å². The summed E-state index contributed by atoms with van der Waals surface area (Å²) in [6, 6.07) is 0. The van der Waals surface area contributed by atoms with Crippen LogP contribution in [0.2, 0.25) is 0 Å². The van der Waals surface area contributed by atoms with E-state index in [0.717, 1.165) is 0 Å². The molecule has 0 saturated carbocycles. The van der Waals surface area contributed by atoms with Gasteiger partial charge in [0.25, 0.3) is 0 Å². The van der Waals surface area contributed by atoms with Gasteiger partial charge in [-0.3, -0.25) is 0 Å². The van der Waals surface area contributed by atoms with E-state index in [1.54, 1.807) is 0 Å². The Bertz CT molecular complexity index is 130. The van der Waals surface area contributed by atoms with Crippen molar-refractivity contribution in [3.63, 3.8) is 0 Å². The van der Waals surface area contributed by atoms with Crippen LogP contribution in [0.3, 0.4) is 0 Å². The Morgan fingerprint density at radius 2 is 2.30 bits per heavy atom. The number of hydrogen-bond donors (Lipinski definition) is 0. The first-order valence-corrected chi connectivity index (χ1v) is 2.99. The summed E-state index contributed by atoms with van der Waals surface area (Å²) in [5.74, 6) is -0.903. The lowest BCUT2D eigenvalue weighted by Crippen LogP contribution is -2.28. The van der Waals surface area contributed by atoms with E-state index in [9.17, 15) is 8.78 Å². The molecule has 0 amide bonds. The van der Waals surface area contributed by atoms with Crippen molar-refractivity contribution >= 4 is 0 Å². The third-order valence-electron chi connectivity index (χ3n) is 1.23. The molecule has 0 radical (unpaired) electrons. The van der Waals surface area contributed by atoms with Crippen molar-refractivity contribution in [3.8, 4) is 0 Å². The second kappa shape index (κ2) is 3.63. The van der Waals surface area contributed by atoms with Crippen LogP contribution < -0.4 is 0 Å². The van der Waals surface area contributed by atoms with Gasteiger partial charge in [-0.1, -0.05) is 0 Å². The Morgan fingerprint density at radius 1 is 1.50 bits per heavy atom. The Labute approximate surface area is 57.4 Å². The lowest BCUT2D eigenvalue weighted by molar-refractivity contribution is -0.0799. The van der Waals surface area contributed by atoms with E-state index in [-0.39, 0.29) is 12.9 Å². The largest absolute Gasteiger partial charge is 0.376 e. The molecule has 1 aliphatic heterocycles. The van der Waals surface area contributed by atoms with Gasteiger partial charge in [0.15, 0.2) is 5.83 Å². The van der Waals surface area contributed by atoms with Gasteiger partial charge in [-0.2, -0.15) is 0 Å². The summed E-state index contributed by atoms with van der Waals surface area (Å²) < 4.78 is 33.5. The summed E-state index contributed by atoms with van der Waals surface area (Å²) in [6.45, 7) is 0.883. The van der Waals surface area contributed by atoms with Crippen molar-refractivity contribution in [2.45, 2.75) is 6.10 Å². The lowest BCUT2D eigenvalue weighted by atomic mass is 10.3. The van der Waals surface area contributed by atoms with Crippen LogP contribution in [0.4, 0.5) is 8.78 Å². The topological polar surface area (TPSA) is 18.5 Å². The molecule has 1 heterocycles. The van der Waals surface area contributed by atoms with Gasteiger partial charge in [0.1, 0.15) is 12.4 Å². The summed E-state index contributed by atoms with van der Waals surface area (Å²) in [4.78, 5) is 0. The minimum Gasteiger partial charge on any atom is -0.376 e. The first-order valence-electron chi connectivity index (χ1n) is 2.99. The van der Waals surface area contributed by atoms with Gasteiger partial charge in [0, 0.05) is 0 Å². The molecule has 0 spiro atoms. The van der Waals surface area contributed by atoms with Crippen molar-refractivity contribution in [1.82, 2.24) is 0 Å². The number of rotatable bonds is 1. The molecule has 1 rings (SSSR count). The van der Waals surface area contributed by atoms with E-state index in [1.807, 2.05) is 0 Å². The molecular formula is C6H8F2O2. The Hall–Kier alpha value is -0.480. The third-order valence-corrected chi connectivity index (χ3v) is 1.23. The van der Waals surface area contributed by atoms with Crippen molar-refractivity contribution in [1.29, 1.82) is 0 Å². The van der Waals surface area contributed by atoms with Crippen molar-refractivity contribution < 1.29 is 18.3 Å². The van der Waals surface area contributed by atoms with Gasteiger partial charge >= 0.3 is 0 Å². The predicted molar refractivity (Wildman–Crippen MR) is 30.9 cm³/mol. The molecule has 0 aromatic heterocycles. The monoisotopic (exact) mass is 150 g/mol. The van der Waals surface area contributed by atoms with Crippen molar-refractivity contribution in [2.24, 2.45) is 0 Å². The highest BCUT2D eigenvalue weighted by atomic mass is 19.2. The normalized spacial score (nSPS) is 28.6. The average Bonchev–Trinajstić information content (AvgIpc) is 2.05. The maximum absolute atomic E-state index is 12.3. The average molecular weight is 150 g/mol. The zero-order valence-electron chi connectivity index (χ0n) is 5.35. The van der Waals surface area contributed by atoms with Crippen LogP contribution in [0, 0.1) is 0 Å². The van der Waals surface area contributed by atoms with Gasteiger partial charge < -0.3 is 9.47 Å². The third kappa shape index (κ3) is 1.75. The van der Waals surface area contributed by atoms with Gasteiger partial charge in [0.2, 0.25) is 0 Å². The van der Waals surface area contributed by atoms with E-state index in [2.05, 4.69) is 0 Å². The molecule has 1 aliphatic rings. The highest BCUT2D eigenvalue weighted by Crippen LogP contribution is 2.12. The Balaban J connectivity index is 2.39. The predicted octanol–water partition coefficient (Wildman–Crippen LogP) is 1.18. The van der Waals surface area contributed by atoms with Gasteiger partial charge in [-0.05, 0) is 0 Å². The van der Waals surface area contributed by atoms with Crippen LogP contribution in [-0.2, 0) is 9.47 Å². The van der Waals surface area contributed by atoms with Gasteiger partial charge in [-0.25, -0.2) is 8.78 Å². The quantitative estimate of drug-likeness (QED) is 0.558. The zero-order chi connectivity index (χ0) is 7.40. The summed E-state index contributed by atoms with van der Waals surface area (Å²) in [5.41, 5.74) is 0. The van der Waals surface area contributed by atoms with Crippen LogP contribution in [-0.4, -0.2) is 25.9 Å². The minimum atomic E-state index is -0.903. The summed E-state index contributed by atoms with van der Waals surface area (Å²) in [6.07, 6.45) is -0.932. The van der Waals surface area contributed by atoms with E-state index in [1.165, 1.54) is 0 Å². The SMILES string of the molecule is F/C=C(\F)C1COCCO1. The molecule has 0 N–H and O–H groups in total. The molecule has 1 saturated heterocycles. The van der Waals surface area contributed by atoms with Crippen LogP contribution in [0.15, 0.2) is 12.2 Å². The molecule has 4 heteroatoms. The molecule has 0 aromatic carbocycles. The number of halogens is 2. The molecule has 58 valence electrons. The fraction of sp³-hybridized carbons (Fsp3) is 0.667. The maximum atomic E-state index is 12.3. The molecule has 0 aliphatic carbocycles. The zero-order valence-corrected chi connectivity index (χ0v) is 5.35. The van der Waals surface area contributed by atoms with E-state index in [4.69, 9.17) is 9.47 Å². The first kappa shape index (κ1) is 7.63. The van der Waals surface area contributed by atoms with Crippen molar-refractivity contribution in [2.75, 3.05) is 19.8 Å². The fourth-order valence-electron chi connectivity index (χ4n) is 0.717. The highest BCUT2D eigenvalue weighted by molar-refractivity contribution is 4.95. The van der Waals surface area contributed by atoms with E-state index < -0.39 is 11.9 Å².